The maximum atomic E-state index is 5.10. The molecule has 2 nitrogen and oxygen atoms in total. The molecule has 16 heavy (non-hydrogen) atoms. The van der Waals surface area contributed by atoms with E-state index in [-0.39, 0.29) is 0 Å². The highest BCUT2D eigenvalue weighted by Gasteiger charge is 1.90. The normalized spacial score (nSPS) is 10.6. The molecule has 0 amide bonds. The van der Waals surface area contributed by atoms with E-state index < -0.39 is 0 Å². The van der Waals surface area contributed by atoms with Gasteiger partial charge in [0.05, 0.1) is 7.11 Å². The van der Waals surface area contributed by atoms with E-state index in [9.17, 15) is 0 Å². The molecular formula is C14H13NO. The number of hydrogen-bond acceptors (Lipinski definition) is 2. The predicted octanol–water partition coefficient (Wildman–Crippen LogP) is 3.26. The summed E-state index contributed by atoms with van der Waals surface area (Å²) in [5.41, 5.74) is 2.24. The van der Waals surface area contributed by atoms with Gasteiger partial charge in [-0.05, 0) is 29.3 Å². The quantitative estimate of drug-likeness (QED) is 0.777. The Morgan fingerprint density at radius 1 is 1.00 bits per heavy atom. The maximum Gasteiger partial charge on any atom is 0.118 e. The van der Waals surface area contributed by atoms with Crippen molar-refractivity contribution in [2.24, 2.45) is 0 Å². The van der Waals surface area contributed by atoms with Crippen molar-refractivity contribution in [2.45, 2.75) is 0 Å². The van der Waals surface area contributed by atoms with Gasteiger partial charge in [0.25, 0.3) is 0 Å². The average molecular weight is 211 g/mol. The lowest BCUT2D eigenvalue weighted by Crippen LogP contribution is -1.81. The van der Waals surface area contributed by atoms with E-state index in [2.05, 4.69) is 11.1 Å². The Morgan fingerprint density at radius 2 is 1.75 bits per heavy atom. The van der Waals surface area contributed by atoms with Crippen molar-refractivity contribution in [3.8, 4) is 5.75 Å². The molecule has 0 aliphatic carbocycles. The maximum absolute atomic E-state index is 5.10. The van der Waals surface area contributed by atoms with E-state index in [0.717, 1.165) is 16.9 Å². The second kappa shape index (κ2) is 5.12. The van der Waals surface area contributed by atoms with Crippen molar-refractivity contribution >= 4 is 12.2 Å². The summed E-state index contributed by atoms with van der Waals surface area (Å²) in [6.07, 6.45) is 7.69. The lowest BCUT2D eigenvalue weighted by molar-refractivity contribution is 0.415. The summed E-state index contributed by atoms with van der Waals surface area (Å²) in [6, 6.07) is 11.9. The molecule has 0 spiro atoms. The van der Waals surface area contributed by atoms with Crippen LogP contribution in [0.3, 0.4) is 0 Å². The Hall–Kier alpha value is -2.09. The molecule has 1 aromatic heterocycles. The van der Waals surface area contributed by atoms with Crippen molar-refractivity contribution < 1.29 is 4.74 Å². The van der Waals surface area contributed by atoms with Crippen LogP contribution in [0.25, 0.3) is 12.2 Å². The van der Waals surface area contributed by atoms with Gasteiger partial charge >= 0.3 is 0 Å². The zero-order valence-corrected chi connectivity index (χ0v) is 9.13. The van der Waals surface area contributed by atoms with Crippen LogP contribution < -0.4 is 4.74 Å². The first-order valence-electron chi connectivity index (χ1n) is 5.10. The van der Waals surface area contributed by atoms with E-state index >= 15 is 0 Å². The van der Waals surface area contributed by atoms with Crippen LogP contribution in [-0.4, -0.2) is 12.1 Å². The van der Waals surface area contributed by atoms with Crippen LogP contribution in [0.2, 0.25) is 0 Å². The van der Waals surface area contributed by atoms with E-state index in [1.54, 1.807) is 13.3 Å². The second-order valence-electron chi connectivity index (χ2n) is 3.39. The van der Waals surface area contributed by atoms with Crippen LogP contribution >= 0.6 is 0 Å². The molecule has 80 valence electrons. The smallest absolute Gasteiger partial charge is 0.118 e. The molecule has 2 heteroatoms. The highest BCUT2D eigenvalue weighted by molar-refractivity contribution is 5.69. The Kier molecular flexibility index (Phi) is 3.34. The van der Waals surface area contributed by atoms with E-state index in [0.29, 0.717) is 0 Å². The monoisotopic (exact) mass is 211 g/mol. The third kappa shape index (κ3) is 2.70. The number of rotatable bonds is 3. The molecule has 0 aliphatic heterocycles. The van der Waals surface area contributed by atoms with Gasteiger partial charge in [0, 0.05) is 12.4 Å². The number of hydrogen-bond donors (Lipinski definition) is 0. The molecular weight excluding hydrogens is 198 g/mol. The topological polar surface area (TPSA) is 22.1 Å². The van der Waals surface area contributed by atoms with Crippen molar-refractivity contribution in [3.63, 3.8) is 0 Å². The van der Waals surface area contributed by atoms with Gasteiger partial charge in [-0.15, -0.1) is 0 Å². The Balaban J connectivity index is 2.12. The largest absolute Gasteiger partial charge is 0.497 e. The zero-order valence-electron chi connectivity index (χ0n) is 9.13. The minimum atomic E-state index is 0.874. The van der Waals surface area contributed by atoms with Gasteiger partial charge in [-0.25, -0.2) is 0 Å². The number of aromatic nitrogens is 1. The molecule has 1 aromatic carbocycles. The summed E-state index contributed by atoms with van der Waals surface area (Å²) in [5, 5.41) is 0. The number of benzene rings is 1. The third-order valence-electron chi connectivity index (χ3n) is 2.27. The summed E-state index contributed by atoms with van der Waals surface area (Å²) in [5.74, 6) is 0.874. The van der Waals surface area contributed by atoms with Crippen LogP contribution in [0.1, 0.15) is 11.1 Å². The Bertz CT molecular complexity index is 460. The van der Waals surface area contributed by atoms with E-state index in [1.165, 1.54) is 0 Å². The van der Waals surface area contributed by atoms with Gasteiger partial charge in [-0.1, -0.05) is 30.4 Å². The summed E-state index contributed by atoms with van der Waals surface area (Å²) in [4.78, 5) is 4.05. The molecule has 0 N–H and O–H groups in total. The fraction of sp³-hybridized carbons (Fsp3) is 0.0714. The van der Waals surface area contributed by atoms with Crippen LogP contribution in [0.4, 0.5) is 0 Å². The molecule has 0 atom stereocenters. The molecule has 0 saturated carbocycles. The van der Waals surface area contributed by atoms with Gasteiger partial charge in [-0.2, -0.15) is 0 Å². The van der Waals surface area contributed by atoms with Crippen LogP contribution in [0, 0.1) is 0 Å². The molecule has 2 rings (SSSR count). The van der Waals surface area contributed by atoms with Crippen molar-refractivity contribution in [2.75, 3.05) is 7.11 Å². The highest BCUT2D eigenvalue weighted by atomic mass is 16.5. The lowest BCUT2D eigenvalue weighted by Gasteiger charge is -1.99. The first-order valence-corrected chi connectivity index (χ1v) is 5.10. The van der Waals surface area contributed by atoms with Crippen LogP contribution in [-0.2, 0) is 0 Å². The number of ether oxygens (including phenoxy) is 1. The van der Waals surface area contributed by atoms with Gasteiger partial charge in [-0.3, -0.25) is 4.98 Å². The third-order valence-corrected chi connectivity index (χ3v) is 2.27. The average Bonchev–Trinajstić information content (AvgIpc) is 2.38. The summed E-state index contributed by atoms with van der Waals surface area (Å²) < 4.78 is 5.10. The van der Waals surface area contributed by atoms with Gasteiger partial charge in [0.15, 0.2) is 0 Å². The van der Waals surface area contributed by atoms with Crippen molar-refractivity contribution in [3.05, 3.63) is 59.9 Å². The summed E-state index contributed by atoms with van der Waals surface area (Å²) in [7, 11) is 1.67. The molecule has 0 bridgehead atoms. The molecule has 0 unspecified atom stereocenters. The number of methoxy groups -OCH3 is 1. The first-order chi connectivity index (χ1) is 7.88. The fourth-order valence-electron chi connectivity index (χ4n) is 1.38. The van der Waals surface area contributed by atoms with Crippen molar-refractivity contribution in [1.29, 1.82) is 0 Å². The first kappa shape index (κ1) is 10.4. The second-order valence-corrected chi connectivity index (χ2v) is 3.39. The van der Waals surface area contributed by atoms with Crippen LogP contribution in [0.5, 0.6) is 5.75 Å². The van der Waals surface area contributed by atoms with Crippen LogP contribution in [0.15, 0.2) is 48.8 Å². The van der Waals surface area contributed by atoms with Gasteiger partial charge in [0.1, 0.15) is 5.75 Å². The molecule has 0 saturated heterocycles. The highest BCUT2D eigenvalue weighted by Crippen LogP contribution is 2.13. The Morgan fingerprint density at radius 3 is 2.38 bits per heavy atom. The molecule has 1 heterocycles. The minimum Gasteiger partial charge on any atom is -0.497 e. The molecule has 2 aromatic rings. The zero-order chi connectivity index (χ0) is 11.2. The van der Waals surface area contributed by atoms with E-state index in [1.807, 2.05) is 48.7 Å². The molecule has 0 aliphatic rings. The number of nitrogens with zero attached hydrogens (tertiary/aromatic N) is 1. The van der Waals surface area contributed by atoms with Crippen molar-refractivity contribution in [1.82, 2.24) is 4.98 Å². The molecule has 0 radical (unpaired) electrons. The standard InChI is InChI=1S/C14H13NO/c1-16-14-8-6-12(7-9-14)4-5-13-3-2-10-15-11-13/h2-11H,1H3/b5-4+. The van der Waals surface area contributed by atoms with E-state index in [4.69, 9.17) is 4.74 Å². The fourth-order valence-corrected chi connectivity index (χ4v) is 1.38. The lowest BCUT2D eigenvalue weighted by atomic mass is 10.1. The van der Waals surface area contributed by atoms with Gasteiger partial charge < -0.3 is 4.74 Å². The number of pyridine rings is 1. The van der Waals surface area contributed by atoms with Gasteiger partial charge in [0.2, 0.25) is 0 Å². The predicted molar refractivity (Wildman–Crippen MR) is 66.2 cm³/mol. The molecule has 0 fully saturated rings. The SMILES string of the molecule is COc1ccc(/C=C/c2cccnc2)cc1. The minimum absolute atomic E-state index is 0.874. The Labute approximate surface area is 95.2 Å². The summed E-state index contributed by atoms with van der Waals surface area (Å²) >= 11 is 0. The summed E-state index contributed by atoms with van der Waals surface area (Å²) in [6.45, 7) is 0.